The maximum absolute atomic E-state index is 12.4. The van der Waals surface area contributed by atoms with Gasteiger partial charge in [0.1, 0.15) is 10.6 Å². The molecule has 4 nitrogen and oxygen atoms in total. The molecule has 2 aromatic rings. The van der Waals surface area contributed by atoms with Crippen LogP contribution in [0.3, 0.4) is 0 Å². The lowest BCUT2D eigenvalue weighted by molar-refractivity contribution is -0.384. The number of ketones is 1. The van der Waals surface area contributed by atoms with E-state index in [1.165, 1.54) is 36.4 Å². The van der Waals surface area contributed by atoms with Crippen LogP contribution in [0.4, 0.5) is 5.69 Å². The van der Waals surface area contributed by atoms with Crippen molar-refractivity contribution in [2.45, 2.75) is 0 Å². The summed E-state index contributed by atoms with van der Waals surface area (Å²) in [6, 6.07) is 8.58. The number of carbonyl (C=O) groups is 1. The van der Waals surface area contributed by atoms with Crippen LogP contribution in [0.2, 0.25) is 15.1 Å². The van der Waals surface area contributed by atoms with Gasteiger partial charge in [0.25, 0.3) is 0 Å². The average Bonchev–Trinajstić information content (AvgIpc) is 2.40. The molecular formula is C13H6Cl3NO3. The molecule has 0 atom stereocenters. The summed E-state index contributed by atoms with van der Waals surface area (Å²) in [5.41, 5.74) is -0.493. The maximum Gasteiger partial charge on any atom is 0.300 e. The van der Waals surface area contributed by atoms with Gasteiger partial charge in [-0.3, -0.25) is 14.9 Å². The Kier molecular flexibility index (Phi) is 4.28. The Hall–Kier alpha value is -1.62. The van der Waals surface area contributed by atoms with E-state index in [0.717, 1.165) is 0 Å². The topological polar surface area (TPSA) is 60.2 Å². The minimum Gasteiger partial charge on any atom is -0.288 e. The average molecular weight is 331 g/mol. The first-order valence-corrected chi connectivity index (χ1v) is 6.48. The molecule has 20 heavy (non-hydrogen) atoms. The van der Waals surface area contributed by atoms with Crippen molar-refractivity contribution in [1.29, 1.82) is 0 Å². The van der Waals surface area contributed by atoms with E-state index in [1.807, 2.05) is 0 Å². The molecule has 0 radical (unpaired) electrons. The van der Waals surface area contributed by atoms with E-state index in [1.54, 1.807) is 0 Å². The van der Waals surface area contributed by atoms with Gasteiger partial charge in [0, 0.05) is 10.6 Å². The number of benzene rings is 2. The van der Waals surface area contributed by atoms with Crippen molar-refractivity contribution in [2.75, 3.05) is 0 Å². The zero-order valence-corrected chi connectivity index (χ0v) is 12.0. The van der Waals surface area contributed by atoms with Gasteiger partial charge in [-0.25, -0.2) is 0 Å². The van der Waals surface area contributed by atoms with Gasteiger partial charge in [0.05, 0.1) is 9.95 Å². The zero-order valence-electron chi connectivity index (χ0n) is 9.77. The zero-order chi connectivity index (χ0) is 14.9. The van der Waals surface area contributed by atoms with Gasteiger partial charge < -0.3 is 0 Å². The summed E-state index contributed by atoms with van der Waals surface area (Å²) in [6.45, 7) is 0. The SMILES string of the molecule is O=C(c1ccc(Cl)cc1)c1c(Cl)ccc(Cl)c1[N+](=O)[O-]. The fourth-order valence-corrected chi connectivity index (χ4v) is 2.27. The minimum atomic E-state index is -0.725. The van der Waals surface area contributed by atoms with Crippen LogP contribution >= 0.6 is 34.8 Å². The Morgan fingerprint density at radius 3 is 2.05 bits per heavy atom. The van der Waals surface area contributed by atoms with E-state index in [2.05, 4.69) is 0 Å². The molecule has 0 aliphatic carbocycles. The van der Waals surface area contributed by atoms with Crippen LogP contribution in [0.5, 0.6) is 0 Å². The molecule has 0 aliphatic heterocycles. The quantitative estimate of drug-likeness (QED) is 0.462. The third kappa shape index (κ3) is 2.77. The Morgan fingerprint density at radius 1 is 0.950 bits per heavy atom. The number of nitro groups is 1. The van der Waals surface area contributed by atoms with Gasteiger partial charge in [-0.1, -0.05) is 34.8 Å². The molecule has 0 saturated heterocycles. The van der Waals surface area contributed by atoms with Gasteiger partial charge in [0.15, 0.2) is 0 Å². The molecule has 0 unspecified atom stereocenters. The summed E-state index contributed by atoms with van der Waals surface area (Å²) in [6.07, 6.45) is 0. The predicted molar refractivity (Wildman–Crippen MR) is 78.0 cm³/mol. The number of hydrogen-bond donors (Lipinski definition) is 0. The largest absolute Gasteiger partial charge is 0.300 e. The first kappa shape index (κ1) is 14.8. The third-order valence-corrected chi connectivity index (χ3v) is 3.47. The van der Waals surface area contributed by atoms with Crippen molar-refractivity contribution in [3.8, 4) is 0 Å². The molecule has 0 aromatic heterocycles. The fraction of sp³-hybridized carbons (Fsp3) is 0. The highest BCUT2D eigenvalue weighted by Gasteiger charge is 2.27. The Bertz CT molecular complexity index is 699. The second-order valence-corrected chi connectivity index (χ2v) is 5.10. The summed E-state index contributed by atoms with van der Waals surface area (Å²) in [7, 11) is 0. The van der Waals surface area contributed by atoms with E-state index in [4.69, 9.17) is 34.8 Å². The summed E-state index contributed by atoms with van der Waals surface area (Å²) in [4.78, 5) is 22.7. The third-order valence-electron chi connectivity index (χ3n) is 2.59. The number of nitro benzene ring substituents is 1. The van der Waals surface area contributed by atoms with Crippen molar-refractivity contribution >= 4 is 46.3 Å². The van der Waals surface area contributed by atoms with Gasteiger partial charge in [-0.15, -0.1) is 0 Å². The summed E-state index contributed by atoms with van der Waals surface area (Å²) in [5, 5.41) is 11.4. The van der Waals surface area contributed by atoms with E-state index in [0.29, 0.717) is 5.02 Å². The fourth-order valence-electron chi connectivity index (χ4n) is 1.68. The van der Waals surface area contributed by atoms with Crippen LogP contribution in [0.1, 0.15) is 15.9 Å². The lowest BCUT2D eigenvalue weighted by Gasteiger charge is -2.06. The van der Waals surface area contributed by atoms with Crippen LogP contribution in [0, 0.1) is 10.1 Å². The highest BCUT2D eigenvalue weighted by Crippen LogP contribution is 2.35. The number of halogens is 3. The molecule has 102 valence electrons. The van der Waals surface area contributed by atoms with Crippen molar-refractivity contribution in [2.24, 2.45) is 0 Å². The number of hydrogen-bond acceptors (Lipinski definition) is 3. The van der Waals surface area contributed by atoms with Crippen molar-refractivity contribution in [1.82, 2.24) is 0 Å². The lowest BCUT2D eigenvalue weighted by atomic mass is 10.0. The van der Waals surface area contributed by atoms with Crippen molar-refractivity contribution in [3.63, 3.8) is 0 Å². The molecular weight excluding hydrogens is 325 g/mol. The molecule has 0 N–H and O–H groups in total. The van der Waals surface area contributed by atoms with Crippen LogP contribution in [0.15, 0.2) is 36.4 Å². The van der Waals surface area contributed by atoms with E-state index in [9.17, 15) is 14.9 Å². The van der Waals surface area contributed by atoms with Crippen LogP contribution < -0.4 is 0 Å². The lowest BCUT2D eigenvalue weighted by Crippen LogP contribution is -2.07. The van der Waals surface area contributed by atoms with Crippen molar-refractivity contribution < 1.29 is 9.72 Å². The minimum absolute atomic E-state index is 0.0268. The molecule has 0 aliphatic rings. The second kappa shape index (κ2) is 5.79. The molecule has 0 spiro atoms. The Balaban J connectivity index is 2.63. The van der Waals surface area contributed by atoms with E-state index < -0.39 is 16.4 Å². The highest BCUT2D eigenvalue weighted by molar-refractivity contribution is 6.39. The molecule has 7 heteroatoms. The monoisotopic (exact) mass is 329 g/mol. The van der Waals surface area contributed by atoms with Crippen molar-refractivity contribution in [3.05, 3.63) is 72.7 Å². The highest BCUT2D eigenvalue weighted by atomic mass is 35.5. The first-order valence-electron chi connectivity index (χ1n) is 5.34. The number of carbonyl (C=O) groups excluding carboxylic acids is 1. The summed E-state index contributed by atoms with van der Waals surface area (Å²) in [5.74, 6) is -0.583. The molecule has 2 aromatic carbocycles. The summed E-state index contributed by atoms with van der Waals surface area (Å²) >= 11 is 17.4. The van der Waals surface area contributed by atoms with Gasteiger partial charge in [-0.05, 0) is 36.4 Å². The van der Waals surface area contributed by atoms with Crippen LogP contribution in [0.25, 0.3) is 0 Å². The number of rotatable bonds is 3. The maximum atomic E-state index is 12.4. The smallest absolute Gasteiger partial charge is 0.288 e. The first-order chi connectivity index (χ1) is 9.41. The van der Waals surface area contributed by atoms with Crippen LogP contribution in [-0.4, -0.2) is 10.7 Å². The van der Waals surface area contributed by atoms with Crippen LogP contribution in [-0.2, 0) is 0 Å². The second-order valence-electron chi connectivity index (χ2n) is 3.85. The molecule has 0 saturated carbocycles. The molecule has 0 amide bonds. The normalized spacial score (nSPS) is 10.3. The molecule has 0 heterocycles. The standard InChI is InChI=1S/C13H6Cl3NO3/c14-8-3-1-7(2-4-8)13(18)11-9(15)5-6-10(16)12(11)17(19)20/h1-6H. The summed E-state index contributed by atoms with van der Waals surface area (Å²) < 4.78 is 0. The Labute approximate surface area is 129 Å². The predicted octanol–water partition coefficient (Wildman–Crippen LogP) is 4.79. The van der Waals surface area contributed by atoms with E-state index >= 15 is 0 Å². The number of nitrogens with zero attached hydrogens (tertiary/aromatic N) is 1. The molecule has 2 rings (SSSR count). The Morgan fingerprint density at radius 2 is 1.50 bits per heavy atom. The van der Waals surface area contributed by atoms with Gasteiger partial charge in [-0.2, -0.15) is 0 Å². The van der Waals surface area contributed by atoms with Gasteiger partial charge in [0.2, 0.25) is 5.78 Å². The molecule has 0 bridgehead atoms. The molecule has 0 fully saturated rings. The van der Waals surface area contributed by atoms with Gasteiger partial charge >= 0.3 is 5.69 Å². The van der Waals surface area contributed by atoms with E-state index in [-0.39, 0.29) is 21.2 Å².